The summed E-state index contributed by atoms with van der Waals surface area (Å²) in [4.78, 5) is 32.0. The number of carbonyl (C=O) groups is 1. The number of hydrogen-bond acceptors (Lipinski definition) is 9. The quantitative estimate of drug-likeness (QED) is 0.386. The number of rotatable bonds is 9. The second kappa shape index (κ2) is 11.6. The lowest BCUT2D eigenvalue weighted by Gasteiger charge is -2.25. The molecular weight excluding hydrogens is 508 g/mol. The van der Waals surface area contributed by atoms with Crippen LogP contribution in [-0.2, 0) is 9.53 Å². The molecule has 0 amide bonds. The summed E-state index contributed by atoms with van der Waals surface area (Å²) in [6, 6.07) is 10.0. The van der Waals surface area contributed by atoms with Crippen LogP contribution in [0.1, 0.15) is 37.9 Å². The molecule has 0 saturated carbocycles. The maximum atomic E-state index is 13.8. The van der Waals surface area contributed by atoms with E-state index in [1.165, 1.54) is 23.0 Å². The molecule has 10 heteroatoms. The van der Waals surface area contributed by atoms with Crippen molar-refractivity contribution in [2.75, 3.05) is 34.5 Å². The van der Waals surface area contributed by atoms with Crippen LogP contribution >= 0.6 is 11.3 Å². The fraction of sp³-hybridized carbons (Fsp3) is 0.321. The van der Waals surface area contributed by atoms with Crippen molar-refractivity contribution in [3.05, 3.63) is 78.5 Å². The molecule has 1 aliphatic rings. The van der Waals surface area contributed by atoms with Gasteiger partial charge in [-0.15, -0.1) is 0 Å². The van der Waals surface area contributed by atoms with Crippen molar-refractivity contribution in [2.24, 2.45) is 4.99 Å². The molecular formula is C28H30N2O7S. The van der Waals surface area contributed by atoms with Crippen LogP contribution in [0.5, 0.6) is 23.0 Å². The van der Waals surface area contributed by atoms with E-state index >= 15 is 0 Å². The third kappa shape index (κ3) is 5.04. The molecule has 9 nitrogen and oxygen atoms in total. The minimum absolute atomic E-state index is 0.193. The first-order valence-corrected chi connectivity index (χ1v) is 12.9. The van der Waals surface area contributed by atoms with Gasteiger partial charge in [0, 0.05) is 0 Å². The summed E-state index contributed by atoms with van der Waals surface area (Å²) in [6.07, 6.45) is 1.77. The lowest BCUT2D eigenvalue weighted by Crippen LogP contribution is -2.39. The Morgan fingerprint density at radius 2 is 1.66 bits per heavy atom. The van der Waals surface area contributed by atoms with E-state index < -0.39 is 12.0 Å². The number of fused-ring (bicyclic) bond motifs is 1. The Morgan fingerprint density at radius 3 is 2.32 bits per heavy atom. The first-order valence-electron chi connectivity index (χ1n) is 12.1. The van der Waals surface area contributed by atoms with Gasteiger partial charge in [0.2, 0.25) is 0 Å². The van der Waals surface area contributed by atoms with Gasteiger partial charge in [0.15, 0.2) is 27.8 Å². The van der Waals surface area contributed by atoms with Crippen LogP contribution in [-0.4, -0.2) is 45.1 Å². The molecule has 0 fully saturated rings. The van der Waals surface area contributed by atoms with Gasteiger partial charge in [-0.1, -0.05) is 23.5 Å². The molecule has 0 radical (unpaired) electrons. The Hall–Kier alpha value is -4.05. The highest BCUT2D eigenvalue weighted by molar-refractivity contribution is 7.07. The fourth-order valence-electron chi connectivity index (χ4n) is 4.33. The zero-order valence-electron chi connectivity index (χ0n) is 22.2. The minimum atomic E-state index is -0.762. The number of esters is 1. The number of ether oxygens (including phenoxy) is 5. The molecule has 0 unspecified atom stereocenters. The van der Waals surface area contributed by atoms with Gasteiger partial charge in [-0.2, -0.15) is 0 Å². The number of carbonyl (C=O) groups excluding carboxylic acids is 1. The lowest BCUT2D eigenvalue weighted by atomic mass is 9.95. The summed E-state index contributed by atoms with van der Waals surface area (Å²) in [5.74, 6) is 1.67. The van der Waals surface area contributed by atoms with Crippen LogP contribution in [0.2, 0.25) is 0 Å². The van der Waals surface area contributed by atoms with Crippen molar-refractivity contribution in [3.8, 4) is 23.0 Å². The molecule has 4 rings (SSSR count). The van der Waals surface area contributed by atoms with Gasteiger partial charge in [0.05, 0.1) is 56.4 Å². The summed E-state index contributed by atoms with van der Waals surface area (Å²) in [5, 5.41) is 0. The molecule has 2 heterocycles. The second-order valence-corrected chi connectivity index (χ2v) is 9.27. The third-order valence-corrected chi connectivity index (χ3v) is 7.01. The van der Waals surface area contributed by atoms with Crippen molar-refractivity contribution >= 4 is 23.4 Å². The Balaban J connectivity index is 1.92. The fourth-order valence-corrected chi connectivity index (χ4v) is 5.38. The average Bonchev–Trinajstić information content (AvgIpc) is 3.22. The van der Waals surface area contributed by atoms with E-state index in [9.17, 15) is 9.59 Å². The normalized spacial score (nSPS) is 15.0. The number of allylic oxidation sites excluding steroid dienone is 1. The number of hydrogen-bond donors (Lipinski definition) is 0. The van der Waals surface area contributed by atoms with Gasteiger partial charge in [0.1, 0.15) is 0 Å². The van der Waals surface area contributed by atoms with Gasteiger partial charge in [-0.05, 0) is 62.2 Å². The van der Waals surface area contributed by atoms with E-state index in [0.29, 0.717) is 55.8 Å². The van der Waals surface area contributed by atoms with Gasteiger partial charge in [-0.25, -0.2) is 9.79 Å². The first kappa shape index (κ1) is 27.0. The number of thiazole rings is 1. The van der Waals surface area contributed by atoms with E-state index in [2.05, 4.69) is 4.99 Å². The van der Waals surface area contributed by atoms with E-state index in [1.54, 1.807) is 58.4 Å². The zero-order chi connectivity index (χ0) is 27.4. The van der Waals surface area contributed by atoms with Crippen LogP contribution in [0.15, 0.2) is 57.5 Å². The molecule has 0 spiro atoms. The Labute approximate surface area is 224 Å². The SMILES string of the molecule is CCOC(=O)C1=C(C)N=c2s/c(=C\c3ccc(OCC)c(OC)c3)c(=O)n2[C@H]1c1ccc(OC)c(OC)c1. The number of aromatic nitrogens is 1. The number of nitrogens with zero attached hydrogens (tertiary/aromatic N) is 2. The molecule has 3 aromatic rings. The Morgan fingerprint density at radius 1 is 0.974 bits per heavy atom. The van der Waals surface area contributed by atoms with Crippen molar-refractivity contribution in [3.63, 3.8) is 0 Å². The maximum Gasteiger partial charge on any atom is 0.338 e. The molecule has 0 aliphatic carbocycles. The van der Waals surface area contributed by atoms with Gasteiger partial charge in [0.25, 0.3) is 5.56 Å². The van der Waals surface area contributed by atoms with E-state index in [1.807, 2.05) is 19.1 Å². The van der Waals surface area contributed by atoms with E-state index in [4.69, 9.17) is 23.7 Å². The van der Waals surface area contributed by atoms with Crippen molar-refractivity contribution in [1.29, 1.82) is 0 Å². The predicted octanol–water partition coefficient (Wildman–Crippen LogP) is 3.22. The van der Waals surface area contributed by atoms with Crippen LogP contribution in [0.3, 0.4) is 0 Å². The smallest absolute Gasteiger partial charge is 0.338 e. The van der Waals surface area contributed by atoms with Crippen molar-refractivity contribution in [1.82, 2.24) is 4.57 Å². The molecule has 0 bridgehead atoms. The van der Waals surface area contributed by atoms with E-state index in [0.717, 1.165) is 5.56 Å². The summed E-state index contributed by atoms with van der Waals surface area (Å²) in [6.45, 7) is 6.08. The lowest BCUT2D eigenvalue weighted by molar-refractivity contribution is -0.139. The second-order valence-electron chi connectivity index (χ2n) is 8.26. The summed E-state index contributed by atoms with van der Waals surface area (Å²) in [7, 11) is 4.65. The molecule has 1 atom stereocenters. The highest BCUT2D eigenvalue weighted by atomic mass is 32.1. The van der Waals surface area contributed by atoms with Crippen molar-refractivity contribution < 1.29 is 28.5 Å². The standard InChI is InChI=1S/C28H30N2O7S/c1-7-36-20-11-9-17(13-21(20)34-5)14-23-26(31)30-25(18-10-12-19(33-4)22(15-18)35-6)24(27(32)37-8-2)16(3)29-28(30)38-23/h9-15,25H,7-8H2,1-6H3/b23-14-/t25-/m0/s1. The summed E-state index contributed by atoms with van der Waals surface area (Å²) < 4.78 is 29.3. The van der Waals surface area contributed by atoms with Crippen LogP contribution in [0, 0.1) is 0 Å². The number of methoxy groups -OCH3 is 3. The van der Waals surface area contributed by atoms with Gasteiger partial charge in [-0.3, -0.25) is 9.36 Å². The highest BCUT2D eigenvalue weighted by Gasteiger charge is 2.34. The third-order valence-electron chi connectivity index (χ3n) is 6.03. The molecule has 38 heavy (non-hydrogen) atoms. The van der Waals surface area contributed by atoms with Crippen LogP contribution in [0.4, 0.5) is 0 Å². The predicted molar refractivity (Wildman–Crippen MR) is 144 cm³/mol. The van der Waals surface area contributed by atoms with Crippen LogP contribution in [0.25, 0.3) is 6.08 Å². The van der Waals surface area contributed by atoms with E-state index in [-0.39, 0.29) is 12.2 Å². The molecule has 1 aliphatic heterocycles. The monoisotopic (exact) mass is 538 g/mol. The maximum absolute atomic E-state index is 13.8. The molecule has 0 saturated heterocycles. The number of benzene rings is 2. The molecule has 1 aromatic heterocycles. The zero-order valence-corrected chi connectivity index (χ0v) is 23.0. The average molecular weight is 539 g/mol. The van der Waals surface area contributed by atoms with Gasteiger partial charge < -0.3 is 23.7 Å². The topological polar surface area (TPSA) is 97.6 Å². The highest BCUT2D eigenvalue weighted by Crippen LogP contribution is 2.36. The van der Waals surface area contributed by atoms with Crippen LogP contribution < -0.4 is 33.8 Å². The van der Waals surface area contributed by atoms with Gasteiger partial charge >= 0.3 is 5.97 Å². The Bertz CT molecular complexity index is 1570. The molecule has 200 valence electrons. The summed E-state index contributed by atoms with van der Waals surface area (Å²) in [5.41, 5.74) is 1.92. The first-order chi connectivity index (χ1) is 18.4. The minimum Gasteiger partial charge on any atom is -0.493 e. The Kier molecular flexibility index (Phi) is 8.21. The van der Waals surface area contributed by atoms with Crippen molar-refractivity contribution in [2.45, 2.75) is 26.8 Å². The molecule has 0 N–H and O–H groups in total. The molecule has 2 aromatic carbocycles. The summed E-state index contributed by atoms with van der Waals surface area (Å²) >= 11 is 1.25. The largest absolute Gasteiger partial charge is 0.493 e.